The van der Waals surface area contributed by atoms with Gasteiger partial charge in [-0.15, -0.1) is 6.58 Å². The number of rotatable bonds is 5. The van der Waals surface area contributed by atoms with Crippen LogP contribution in [0.15, 0.2) is 55.1 Å². The van der Waals surface area contributed by atoms with Crippen molar-refractivity contribution in [2.24, 2.45) is 0 Å². The van der Waals surface area contributed by atoms with E-state index in [-0.39, 0.29) is 30.2 Å². The van der Waals surface area contributed by atoms with Crippen LogP contribution in [0, 0.1) is 6.92 Å². The highest BCUT2D eigenvalue weighted by Crippen LogP contribution is 2.24. The number of nitrogens with zero attached hydrogens (tertiary/aromatic N) is 1. The Morgan fingerprint density at radius 1 is 1.08 bits per heavy atom. The minimum atomic E-state index is -0.536. The van der Waals surface area contributed by atoms with E-state index in [0.29, 0.717) is 5.56 Å². The summed E-state index contributed by atoms with van der Waals surface area (Å²) in [6.07, 6.45) is 1.48. The molecule has 0 saturated carbocycles. The molecule has 126 valence electrons. The van der Waals surface area contributed by atoms with Crippen LogP contribution in [0.3, 0.4) is 0 Å². The Bertz CT molecular complexity index is 868. The summed E-state index contributed by atoms with van der Waals surface area (Å²) in [5, 5.41) is 0. The van der Waals surface area contributed by atoms with E-state index in [2.05, 4.69) is 6.58 Å². The molecule has 3 rings (SSSR count). The molecule has 0 radical (unpaired) electrons. The Balaban J connectivity index is 1.75. The molecule has 5 nitrogen and oxygen atoms in total. The maximum atomic E-state index is 12.3. The van der Waals surface area contributed by atoms with E-state index in [1.165, 1.54) is 24.3 Å². The molecule has 0 saturated heterocycles. The predicted octanol–water partition coefficient (Wildman–Crippen LogP) is 3.13. The molecule has 1 aliphatic heterocycles. The van der Waals surface area contributed by atoms with Gasteiger partial charge < -0.3 is 4.74 Å². The molecule has 0 aliphatic carbocycles. The fraction of sp³-hybridized carbons (Fsp3) is 0.150. The third kappa shape index (κ3) is 3.21. The van der Waals surface area contributed by atoms with Gasteiger partial charge in [0.2, 0.25) is 0 Å². The van der Waals surface area contributed by atoms with Crippen molar-refractivity contribution < 1.29 is 19.1 Å². The van der Waals surface area contributed by atoms with Gasteiger partial charge in [-0.05, 0) is 30.7 Å². The lowest BCUT2D eigenvalue weighted by atomic mass is 10.1. The first-order chi connectivity index (χ1) is 12.0. The van der Waals surface area contributed by atoms with Gasteiger partial charge in [-0.25, -0.2) is 4.79 Å². The van der Waals surface area contributed by atoms with E-state index in [9.17, 15) is 14.4 Å². The molecule has 0 aromatic heterocycles. The molecular formula is C20H17NO4. The van der Waals surface area contributed by atoms with Crippen LogP contribution in [0.4, 0.5) is 0 Å². The zero-order valence-corrected chi connectivity index (χ0v) is 13.8. The second-order valence-corrected chi connectivity index (χ2v) is 5.83. The lowest BCUT2D eigenvalue weighted by Crippen LogP contribution is -2.29. The average Bonchev–Trinajstić information content (AvgIpc) is 2.86. The Hall–Kier alpha value is -3.21. The molecule has 0 N–H and O–H groups in total. The normalized spacial score (nSPS) is 12.9. The van der Waals surface area contributed by atoms with E-state index in [0.717, 1.165) is 16.0 Å². The van der Waals surface area contributed by atoms with Crippen molar-refractivity contribution >= 4 is 17.8 Å². The quantitative estimate of drug-likeness (QED) is 0.478. The maximum Gasteiger partial charge on any atom is 0.338 e. The lowest BCUT2D eigenvalue weighted by Gasteiger charge is -2.09. The number of fused-ring (bicyclic) bond motifs is 1. The molecular weight excluding hydrogens is 318 g/mol. The highest BCUT2D eigenvalue weighted by atomic mass is 16.5. The van der Waals surface area contributed by atoms with Gasteiger partial charge in [0.25, 0.3) is 11.8 Å². The van der Waals surface area contributed by atoms with Crippen LogP contribution in [0.5, 0.6) is 0 Å². The van der Waals surface area contributed by atoms with Crippen LogP contribution in [0.25, 0.3) is 0 Å². The predicted molar refractivity (Wildman–Crippen MR) is 92.3 cm³/mol. The van der Waals surface area contributed by atoms with Gasteiger partial charge in [-0.3, -0.25) is 14.5 Å². The molecule has 25 heavy (non-hydrogen) atoms. The molecule has 0 unspecified atom stereocenters. The number of hydrogen-bond acceptors (Lipinski definition) is 4. The highest BCUT2D eigenvalue weighted by molar-refractivity contribution is 6.22. The van der Waals surface area contributed by atoms with E-state index < -0.39 is 11.9 Å². The van der Waals surface area contributed by atoms with Crippen molar-refractivity contribution in [3.05, 3.63) is 82.9 Å². The van der Waals surface area contributed by atoms with Crippen LogP contribution in [0.1, 0.15) is 42.2 Å². The first-order valence-electron chi connectivity index (χ1n) is 7.85. The highest BCUT2D eigenvalue weighted by Gasteiger charge is 2.35. The van der Waals surface area contributed by atoms with E-state index in [1.807, 2.05) is 31.2 Å². The minimum Gasteiger partial charge on any atom is -0.457 e. The molecule has 0 atom stereocenters. The summed E-state index contributed by atoms with van der Waals surface area (Å²) in [6, 6.07) is 12.1. The van der Waals surface area contributed by atoms with Crippen LogP contribution >= 0.6 is 0 Å². The summed E-state index contributed by atoms with van der Waals surface area (Å²) >= 11 is 0. The Labute approximate surface area is 145 Å². The van der Waals surface area contributed by atoms with Gasteiger partial charge in [0.1, 0.15) is 6.61 Å². The van der Waals surface area contributed by atoms with Gasteiger partial charge in [0.15, 0.2) is 0 Å². The topological polar surface area (TPSA) is 63.7 Å². The maximum absolute atomic E-state index is 12.3. The number of esters is 1. The summed E-state index contributed by atoms with van der Waals surface area (Å²) in [4.78, 5) is 37.8. The number of carbonyl (C=O) groups is 3. The first kappa shape index (κ1) is 16.6. The van der Waals surface area contributed by atoms with Crippen LogP contribution in [-0.2, 0) is 11.3 Å². The number of imide groups is 1. The van der Waals surface area contributed by atoms with E-state index in [4.69, 9.17) is 4.74 Å². The summed E-state index contributed by atoms with van der Waals surface area (Å²) in [6.45, 7) is 5.80. The fourth-order valence-electron chi connectivity index (χ4n) is 2.63. The molecule has 2 aromatic carbocycles. The number of aryl methyl sites for hydroxylation is 1. The molecule has 5 heteroatoms. The third-order valence-corrected chi connectivity index (χ3v) is 4.01. The third-order valence-electron chi connectivity index (χ3n) is 4.01. The summed E-state index contributed by atoms with van der Waals surface area (Å²) in [7, 11) is 0. The van der Waals surface area contributed by atoms with Crippen molar-refractivity contribution in [1.29, 1.82) is 0 Å². The van der Waals surface area contributed by atoms with Crippen molar-refractivity contribution in [3.63, 3.8) is 0 Å². The average molecular weight is 335 g/mol. The van der Waals surface area contributed by atoms with Crippen molar-refractivity contribution in [1.82, 2.24) is 4.90 Å². The van der Waals surface area contributed by atoms with Gasteiger partial charge >= 0.3 is 5.97 Å². The van der Waals surface area contributed by atoms with Gasteiger partial charge in [0, 0.05) is 6.54 Å². The molecule has 1 heterocycles. The molecule has 0 spiro atoms. The van der Waals surface area contributed by atoms with Crippen molar-refractivity contribution in [2.75, 3.05) is 6.54 Å². The summed E-state index contributed by atoms with van der Waals surface area (Å²) in [5.74, 6) is -1.33. The molecule has 0 fully saturated rings. The SMILES string of the molecule is C=CCN1C(=O)c2ccc(C(=O)OCc3ccc(C)cc3)cc2C1=O. The number of ether oxygens (including phenoxy) is 1. The largest absolute Gasteiger partial charge is 0.457 e. The standard InChI is InChI=1S/C20H17NO4/c1-3-10-21-18(22)16-9-8-15(11-17(16)19(21)23)20(24)25-12-14-6-4-13(2)5-7-14/h3-9,11H,1,10,12H2,2H3. The Morgan fingerprint density at radius 3 is 2.44 bits per heavy atom. The Kier molecular flexibility index (Phi) is 4.48. The van der Waals surface area contributed by atoms with Crippen molar-refractivity contribution in [2.45, 2.75) is 13.5 Å². The number of amides is 2. The van der Waals surface area contributed by atoms with Crippen LogP contribution in [0.2, 0.25) is 0 Å². The number of carbonyl (C=O) groups excluding carboxylic acids is 3. The molecule has 0 bridgehead atoms. The zero-order valence-electron chi connectivity index (χ0n) is 13.8. The lowest BCUT2D eigenvalue weighted by molar-refractivity contribution is 0.0472. The first-order valence-corrected chi connectivity index (χ1v) is 7.85. The molecule has 1 aliphatic rings. The fourth-order valence-corrected chi connectivity index (χ4v) is 2.63. The minimum absolute atomic E-state index is 0.138. The zero-order chi connectivity index (χ0) is 18.0. The van der Waals surface area contributed by atoms with Gasteiger partial charge in [-0.1, -0.05) is 35.9 Å². The van der Waals surface area contributed by atoms with Gasteiger partial charge in [-0.2, -0.15) is 0 Å². The number of hydrogen-bond donors (Lipinski definition) is 0. The summed E-state index contributed by atoms with van der Waals surface area (Å²) in [5.41, 5.74) is 2.76. The Morgan fingerprint density at radius 2 is 1.76 bits per heavy atom. The second-order valence-electron chi connectivity index (χ2n) is 5.83. The smallest absolute Gasteiger partial charge is 0.338 e. The van der Waals surface area contributed by atoms with Crippen LogP contribution < -0.4 is 0 Å². The molecule has 2 aromatic rings. The van der Waals surface area contributed by atoms with E-state index in [1.54, 1.807) is 0 Å². The summed E-state index contributed by atoms with van der Waals surface area (Å²) < 4.78 is 5.29. The monoisotopic (exact) mass is 335 g/mol. The van der Waals surface area contributed by atoms with Crippen LogP contribution in [-0.4, -0.2) is 29.2 Å². The second kappa shape index (κ2) is 6.73. The van der Waals surface area contributed by atoms with E-state index >= 15 is 0 Å². The molecule has 2 amide bonds. The van der Waals surface area contributed by atoms with Gasteiger partial charge in [0.05, 0.1) is 16.7 Å². The number of benzene rings is 2. The van der Waals surface area contributed by atoms with Crippen molar-refractivity contribution in [3.8, 4) is 0 Å².